The molecule has 3 rings (SSSR count). The zero-order valence-corrected chi connectivity index (χ0v) is 20.2. The molecule has 2 N–H and O–H groups in total. The third kappa shape index (κ3) is 7.22. The molecule has 0 aliphatic carbocycles. The van der Waals surface area contributed by atoms with Gasteiger partial charge in [0.05, 0.1) is 0 Å². The first kappa shape index (κ1) is 24.6. The lowest BCUT2D eigenvalue weighted by Gasteiger charge is -2.32. The molecule has 0 radical (unpaired) electrons. The molecular formula is C27H36N2O2S. The van der Waals surface area contributed by atoms with E-state index in [0.717, 1.165) is 44.6 Å². The monoisotopic (exact) mass is 452 g/mol. The molecule has 1 heterocycles. The number of nitrogens with one attached hydrogen (secondary N) is 1. The van der Waals surface area contributed by atoms with Gasteiger partial charge >= 0.3 is 5.97 Å². The Kier molecular flexibility index (Phi) is 9.85. The molecule has 2 aromatic rings. The second-order valence-corrected chi connectivity index (χ2v) is 9.55. The number of carbonyl (C=O) groups is 1. The quantitative estimate of drug-likeness (QED) is 0.481. The van der Waals surface area contributed by atoms with Crippen LogP contribution in [0.2, 0.25) is 0 Å². The molecule has 1 aliphatic heterocycles. The maximum Gasteiger partial charge on any atom is 0.320 e. The van der Waals surface area contributed by atoms with Crippen molar-refractivity contribution in [1.29, 1.82) is 0 Å². The van der Waals surface area contributed by atoms with Gasteiger partial charge in [0.1, 0.15) is 6.04 Å². The van der Waals surface area contributed by atoms with Crippen molar-refractivity contribution < 1.29 is 9.90 Å². The van der Waals surface area contributed by atoms with Gasteiger partial charge in [0, 0.05) is 19.6 Å². The lowest BCUT2D eigenvalue weighted by atomic mass is 9.91. The summed E-state index contributed by atoms with van der Waals surface area (Å²) in [6.45, 7) is 5.85. The minimum Gasteiger partial charge on any atom is -0.480 e. The number of thioether (sulfide) groups is 1. The van der Waals surface area contributed by atoms with Crippen molar-refractivity contribution in [1.82, 2.24) is 10.2 Å². The normalized spacial score (nSPS) is 15.7. The summed E-state index contributed by atoms with van der Waals surface area (Å²) in [5, 5.41) is 12.9. The molecule has 2 aromatic carbocycles. The molecule has 32 heavy (non-hydrogen) atoms. The number of hydrogen-bond donors (Lipinski definition) is 2. The molecule has 0 fully saturated rings. The zero-order chi connectivity index (χ0) is 22.8. The van der Waals surface area contributed by atoms with Crippen molar-refractivity contribution in [3.05, 3.63) is 76.9 Å². The lowest BCUT2D eigenvalue weighted by molar-refractivity contribution is -0.139. The van der Waals surface area contributed by atoms with Gasteiger partial charge in [0.25, 0.3) is 0 Å². The summed E-state index contributed by atoms with van der Waals surface area (Å²) in [4.78, 5) is 14.2. The standard InChI is InChI=1S/C27H36N2O2S/c1-21-9-6-7-13-24(21)25-20-29(16-8-12-22-10-4-3-5-11-22)17-14-23(25)19-28-26(27(30)31)15-18-32-2/h3-7,9-11,13,26,28H,8,12,14-20H2,1-2H3,(H,30,31)/t26-/m0/s1. The number of aliphatic carboxylic acids is 1. The van der Waals surface area contributed by atoms with E-state index in [-0.39, 0.29) is 0 Å². The zero-order valence-electron chi connectivity index (χ0n) is 19.3. The Labute approximate surface area is 197 Å². The van der Waals surface area contributed by atoms with E-state index >= 15 is 0 Å². The van der Waals surface area contributed by atoms with Crippen LogP contribution in [0.3, 0.4) is 0 Å². The predicted octanol–water partition coefficient (Wildman–Crippen LogP) is 4.88. The van der Waals surface area contributed by atoms with Crippen LogP contribution in [-0.4, -0.2) is 60.2 Å². The lowest BCUT2D eigenvalue weighted by Crippen LogP contribution is -2.40. The fourth-order valence-corrected chi connectivity index (χ4v) is 4.85. The third-order valence-electron chi connectivity index (χ3n) is 6.26. The minimum absolute atomic E-state index is 0.489. The van der Waals surface area contributed by atoms with Crippen molar-refractivity contribution in [3.8, 4) is 0 Å². The third-order valence-corrected chi connectivity index (χ3v) is 6.91. The molecule has 0 saturated heterocycles. The Bertz CT molecular complexity index is 898. The van der Waals surface area contributed by atoms with Crippen LogP contribution in [0, 0.1) is 6.92 Å². The van der Waals surface area contributed by atoms with E-state index in [2.05, 4.69) is 71.7 Å². The summed E-state index contributed by atoms with van der Waals surface area (Å²) in [6.07, 6.45) is 5.90. The number of carboxylic acid groups (broad SMARTS) is 1. The summed E-state index contributed by atoms with van der Waals surface area (Å²) in [5.74, 6) is 0.0958. The number of hydrogen-bond acceptors (Lipinski definition) is 4. The molecule has 0 saturated carbocycles. The number of benzene rings is 2. The topological polar surface area (TPSA) is 52.6 Å². The van der Waals surface area contributed by atoms with E-state index in [0.29, 0.717) is 13.0 Å². The summed E-state index contributed by atoms with van der Waals surface area (Å²) in [7, 11) is 0. The molecular weight excluding hydrogens is 416 g/mol. The average Bonchev–Trinajstić information content (AvgIpc) is 2.80. The van der Waals surface area contributed by atoms with Gasteiger partial charge in [-0.3, -0.25) is 9.69 Å². The van der Waals surface area contributed by atoms with E-state index < -0.39 is 12.0 Å². The minimum atomic E-state index is -0.754. The SMILES string of the molecule is CSCC[C@H](NCC1=C(c2ccccc2C)CN(CCCc2ccccc2)CC1)C(=O)O. The highest BCUT2D eigenvalue weighted by Crippen LogP contribution is 2.29. The van der Waals surface area contributed by atoms with Gasteiger partial charge in [0.2, 0.25) is 0 Å². The largest absolute Gasteiger partial charge is 0.480 e. The van der Waals surface area contributed by atoms with Crippen LogP contribution in [0.5, 0.6) is 0 Å². The number of carboxylic acids is 1. The van der Waals surface area contributed by atoms with E-state index in [1.54, 1.807) is 11.8 Å². The number of aryl methyl sites for hydroxylation is 2. The molecule has 0 aromatic heterocycles. The molecule has 5 heteroatoms. The molecule has 0 amide bonds. The van der Waals surface area contributed by atoms with E-state index in [1.807, 2.05) is 6.26 Å². The number of rotatable bonds is 12. The molecule has 0 unspecified atom stereocenters. The summed E-state index contributed by atoms with van der Waals surface area (Å²) in [5.41, 5.74) is 6.70. The number of nitrogens with zero attached hydrogens (tertiary/aromatic N) is 1. The van der Waals surface area contributed by atoms with Crippen molar-refractivity contribution in [2.45, 2.75) is 38.6 Å². The Morgan fingerprint density at radius 1 is 1.16 bits per heavy atom. The maximum atomic E-state index is 11.7. The van der Waals surface area contributed by atoms with Crippen LogP contribution in [0.4, 0.5) is 0 Å². The Balaban J connectivity index is 1.69. The highest BCUT2D eigenvalue weighted by atomic mass is 32.2. The van der Waals surface area contributed by atoms with Crippen LogP contribution >= 0.6 is 11.8 Å². The highest BCUT2D eigenvalue weighted by Gasteiger charge is 2.23. The van der Waals surface area contributed by atoms with Gasteiger partial charge in [-0.25, -0.2) is 0 Å². The molecule has 1 atom stereocenters. The van der Waals surface area contributed by atoms with Crippen LogP contribution in [0.25, 0.3) is 5.57 Å². The van der Waals surface area contributed by atoms with Crippen LogP contribution in [-0.2, 0) is 11.2 Å². The Morgan fingerprint density at radius 2 is 1.91 bits per heavy atom. The average molecular weight is 453 g/mol. The Hall–Kier alpha value is -2.08. The van der Waals surface area contributed by atoms with Crippen molar-refractivity contribution in [2.24, 2.45) is 0 Å². The smallest absolute Gasteiger partial charge is 0.320 e. The Morgan fingerprint density at radius 3 is 2.62 bits per heavy atom. The van der Waals surface area contributed by atoms with Gasteiger partial charge in [-0.15, -0.1) is 0 Å². The van der Waals surface area contributed by atoms with E-state index in [4.69, 9.17) is 0 Å². The van der Waals surface area contributed by atoms with Gasteiger partial charge in [0.15, 0.2) is 0 Å². The first-order valence-corrected chi connectivity index (χ1v) is 13.0. The molecule has 4 nitrogen and oxygen atoms in total. The van der Waals surface area contributed by atoms with Crippen molar-refractivity contribution in [3.63, 3.8) is 0 Å². The summed E-state index contributed by atoms with van der Waals surface area (Å²) >= 11 is 1.69. The van der Waals surface area contributed by atoms with Gasteiger partial charge in [-0.2, -0.15) is 11.8 Å². The van der Waals surface area contributed by atoms with Crippen molar-refractivity contribution >= 4 is 23.3 Å². The van der Waals surface area contributed by atoms with Crippen LogP contribution in [0.15, 0.2) is 60.2 Å². The van der Waals surface area contributed by atoms with E-state index in [1.165, 1.54) is 27.8 Å². The van der Waals surface area contributed by atoms with Crippen molar-refractivity contribution in [2.75, 3.05) is 38.2 Å². The van der Waals surface area contributed by atoms with Crippen LogP contribution < -0.4 is 5.32 Å². The predicted molar refractivity (Wildman–Crippen MR) is 136 cm³/mol. The highest BCUT2D eigenvalue weighted by molar-refractivity contribution is 7.98. The van der Waals surface area contributed by atoms with Gasteiger partial charge in [-0.05, 0) is 73.4 Å². The molecule has 1 aliphatic rings. The molecule has 172 valence electrons. The molecule has 0 bridgehead atoms. The van der Waals surface area contributed by atoms with Crippen LogP contribution in [0.1, 0.15) is 36.0 Å². The van der Waals surface area contributed by atoms with Gasteiger partial charge < -0.3 is 10.4 Å². The first-order chi connectivity index (χ1) is 15.6. The molecule has 0 spiro atoms. The fraction of sp³-hybridized carbons (Fsp3) is 0.444. The second-order valence-electron chi connectivity index (χ2n) is 8.57. The summed E-state index contributed by atoms with van der Waals surface area (Å²) < 4.78 is 0. The van der Waals surface area contributed by atoms with Gasteiger partial charge in [-0.1, -0.05) is 60.2 Å². The van der Waals surface area contributed by atoms with E-state index in [9.17, 15) is 9.90 Å². The fourth-order valence-electron chi connectivity index (χ4n) is 4.38. The summed E-state index contributed by atoms with van der Waals surface area (Å²) in [6, 6.07) is 18.8. The maximum absolute atomic E-state index is 11.7. The second kappa shape index (κ2) is 12.8. The first-order valence-electron chi connectivity index (χ1n) is 11.6.